The third kappa shape index (κ3) is 3.54. The Labute approximate surface area is 111 Å². The summed E-state index contributed by atoms with van der Waals surface area (Å²) in [5.41, 5.74) is 0.579. The molecule has 0 spiro atoms. The third-order valence-corrected chi connectivity index (χ3v) is 3.26. The van der Waals surface area contributed by atoms with E-state index < -0.39 is 12.0 Å². The second-order valence-electron chi connectivity index (χ2n) is 4.58. The fourth-order valence-corrected chi connectivity index (χ4v) is 2.15. The summed E-state index contributed by atoms with van der Waals surface area (Å²) in [4.78, 5) is 23.3. The number of benzene rings is 1. The van der Waals surface area contributed by atoms with Gasteiger partial charge in [0.25, 0.3) is 0 Å². The summed E-state index contributed by atoms with van der Waals surface area (Å²) >= 11 is 0. The summed E-state index contributed by atoms with van der Waals surface area (Å²) in [6, 6.07) is 7.73. The van der Waals surface area contributed by atoms with Gasteiger partial charge in [-0.3, -0.25) is 4.79 Å². The Balaban J connectivity index is 2.04. The number of carboxylic acids is 1. The molecule has 0 unspecified atom stereocenters. The monoisotopic (exact) mass is 263 g/mol. The van der Waals surface area contributed by atoms with Crippen molar-refractivity contribution in [2.24, 2.45) is 5.92 Å². The van der Waals surface area contributed by atoms with Gasteiger partial charge in [-0.1, -0.05) is 30.3 Å². The van der Waals surface area contributed by atoms with Crippen molar-refractivity contribution in [3.8, 4) is 0 Å². The fourth-order valence-electron chi connectivity index (χ4n) is 2.15. The molecule has 0 bridgehead atoms. The standard InChI is InChI=1S/C14H17NO4/c16-13(11-6-8-19-9-7-11)15-12(14(17)18)10-4-2-1-3-5-10/h1-5,11-12H,6-9H2,(H,15,16)(H,17,18)/t12-/m1/s1. The molecule has 1 saturated heterocycles. The first kappa shape index (κ1) is 13.5. The molecule has 1 atom stereocenters. The second kappa shape index (κ2) is 6.33. The van der Waals surface area contributed by atoms with E-state index in [0.29, 0.717) is 31.6 Å². The van der Waals surface area contributed by atoms with Gasteiger partial charge in [-0.05, 0) is 18.4 Å². The maximum Gasteiger partial charge on any atom is 0.330 e. The maximum absolute atomic E-state index is 12.1. The van der Waals surface area contributed by atoms with Crippen LogP contribution >= 0.6 is 0 Å². The number of ether oxygens (including phenoxy) is 1. The maximum atomic E-state index is 12.1. The van der Waals surface area contributed by atoms with Gasteiger partial charge in [0.1, 0.15) is 0 Å². The van der Waals surface area contributed by atoms with Crippen LogP contribution < -0.4 is 5.32 Å². The molecular formula is C14H17NO4. The molecule has 1 amide bonds. The number of rotatable bonds is 4. The minimum atomic E-state index is -1.05. The first-order valence-corrected chi connectivity index (χ1v) is 6.34. The lowest BCUT2D eigenvalue weighted by Gasteiger charge is -2.23. The molecule has 1 fully saturated rings. The van der Waals surface area contributed by atoms with Crippen molar-refractivity contribution in [3.05, 3.63) is 35.9 Å². The van der Waals surface area contributed by atoms with Crippen LogP contribution in [-0.4, -0.2) is 30.2 Å². The van der Waals surface area contributed by atoms with E-state index in [2.05, 4.69) is 5.32 Å². The number of carbonyl (C=O) groups is 2. The summed E-state index contributed by atoms with van der Waals surface area (Å²) in [5, 5.41) is 11.8. The Morgan fingerprint density at radius 2 is 1.84 bits per heavy atom. The van der Waals surface area contributed by atoms with E-state index in [9.17, 15) is 14.7 Å². The zero-order chi connectivity index (χ0) is 13.7. The van der Waals surface area contributed by atoms with Crippen molar-refractivity contribution < 1.29 is 19.4 Å². The Kier molecular flexibility index (Phi) is 4.52. The molecular weight excluding hydrogens is 246 g/mol. The van der Waals surface area contributed by atoms with Crippen LogP contribution in [0.2, 0.25) is 0 Å². The zero-order valence-electron chi connectivity index (χ0n) is 10.5. The quantitative estimate of drug-likeness (QED) is 0.860. The van der Waals surface area contributed by atoms with E-state index in [1.165, 1.54) is 0 Å². The molecule has 1 aliphatic heterocycles. The summed E-state index contributed by atoms with van der Waals surface area (Å²) in [7, 11) is 0. The number of hydrogen-bond acceptors (Lipinski definition) is 3. The van der Waals surface area contributed by atoms with Gasteiger partial charge < -0.3 is 15.2 Å². The average Bonchev–Trinajstić information content (AvgIpc) is 2.46. The molecule has 2 rings (SSSR count). The number of aliphatic carboxylic acids is 1. The summed E-state index contributed by atoms with van der Waals surface area (Å²) < 4.78 is 5.19. The van der Waals surface area contributed by atoms with Crippen molar-refractivity contribution >= 4 is 11.9 Å². The van der Waals surface area contributed by atoms with E-state index in [1.54, 1.807) is 24.3 Å². The number of carbonyl (C=O) groups excluding carboxylic acids is 1. The van der Waals surface area contributed by atoms with E-state index in [1.807, 2.05) is 6.07 Å². The molecule has 1 aliphatic rings. The van der Waals surface area contributed by atoms with E-state index in [4.69, 9.17) is 4.74 Å². The Hall–Kier alpha value is -1.88. The van der Waals surface area contributed by atoms with Crippen LogP contribution in [0.5, 0.6) is 0 Å². The second-order valence-corrected chi connectivity index (χ2v) is 4.58. The number of amides is 1. The largest absolute Gasteiger partial charge is 0.479 e. The van der Waals surface area contributed by atoms with Crippen LogP contribution in [0.15, 0.2) is 30.3 Å². The lowest BCUT2D eigenvalue weighted by Crippen LogP contribution is -2.39. The van der Waals surface area contributed by atoms with E-state index in [0.717, 1.165) is 0 Å². The normalized spacial score (nSPS) is 17.7. The van der Waals surface area contributed by atoms with Gasteiger partial charge in [-0.25, -0.2) is 4.79 Å². The van der Waals surface area contributed by atoms with Gasteiger partial charge in [0.15, 0.2) is 6.04 Å². The van der Waals surface area contributed by atoms with Crippen LogP contribution in [0.4, 0.5) is 0 Å². The molecule has 1 aromatic carbocycles. The Morgan fingerprint density at radius 1 is 1.21 bits per heavy atom. The predicted molar refractivity (Wildman–Crippen MR) is 68.5 cm³/mol. The minimum absolute atomic E-state index is 0.153. The van der Waals surface area contributed by atoms with Gasteiger partial charge in [0, 0.05) is 19.1 Å². The number of nitrogens with one attached hydrogen (secondary N) is 1. The SMILES string of the molecule is O=C(N[C@@H](C(=O)O)c1ccccc1)C1CCOCC1. The Morgan fingerprint density at radius 3 is 2.42 bits per heavy atom. The molecule has 0 saturated carbocycles. The first-order valence-electron chi connectivity index (χ1n) is 6.34. The molecule has 19 heavy (non-hydrogen) atoms. The first-order chi connectivity index (χ1) is 9.18. The third-order valence-electron chi connectivity index (χ3n) is 3.26. The summed E-state index contributed by atoms with van der Waals surface area (Å²) in [6.45, 7) is 1.11. The van der Waals surface area contributed by atoms with Crippen molar-refractivity contribution in [2.45, 2.75) is 18.9 Å². The fraction of sp³-hybridized carbons (Fsp3) is 0.429. The highest BCUT2D eigenvalue weighted by Crippen LogP contribution is 2.18. The van der Waals surface area contributed by atoms with Crippen molar-refractivity contribution in [1.29, 1.82) is 0 Å². The topological polar surface area (TPSA) is 75.6 Å². The van der Waals surface area contributed by atoms with Crippen LogP contribution in [0, 0.1) is 5.92 Å². The molecule has 2 N–H and O–H groups in total. The molecule has 1 heterocycles. The molecule has 1 aromatic rings. The zero-order valence-corrected chi connectivity index (χ0v) is 10.5. The van der Waals surface area contributed by atoms with Gasteiger partial charge in [-0.2, -0.15) is 0 Å². The number of hydrogen-bond donors (Lipinski definition) is 2. The van der Waals surface area contributed by atoms with Crippen molar-refractivity contribution in [3.63, 3.8) is 0 Å². The lowest BCUT2D eigenvalue weighted by atomic mass is 9.98. The molecule has 0 aromatic heterocycles. The van der Waals surface area contributed by atoms with E-state index in [-0.39, 0.29) is 11.8 Å². The highest BCUT2D eigenvalue weighted by Gasteiger charge is 2.27. The molecule has 0 aliphatic carbocycles. The summed E-state index contributed by atoms with van der Waals surface area (Å²) in [6.07, 6.45) is 1.29. The molecule has 0 radical (unpaired) electrons. The average molecular weight is 263 g/mol. The highest BCUT2D eigenvalue weighted by atomic mass is 16.5. The summed E-state index contributed by atoms with van der Waals surface area (Å²) in [5.74, 6) is -1.41. The van der Waals surface area contributed by atoms with Crippen LogP contribution in [-0.2, 0) is 14.3 Å². The molecule has 5 heteroatoms. The van der Waals surface area contributed by atoms with Crippen LogP contribution in [0.3, 0.4) is 0 Å². The van der Waals surface area contributed by atoms with Gasteiger partial charge >= 0.3 is 5.97 Å². The van der Waals surface area contributed by atoms with Crippen LogP contribution in [0.25, 0.3) is 0 Å². The molecule has 102 valence electrons. The van der Waals surface area contributed by atoms with Gasteiger partial charge in [-0.15, -0.1) is 0 Å². The van der Waals surface area contributed by atoms with Crippen molar-refractivity contribution in [1.82, 2.24) is 5.32 Å². The highest BCUT2D eigenvalue weighted by molar-refractivity contribution is 5.85. The van der Waals surface area contributed by atoms with Crippen molar-refractivity contribution in [2.75, 3.05) is 13.2 Å². The minimum Gasteiger partial charge on any atom is -0.479 e. The van der Waals surface area contributed by atoms with E-state index >= 15 is 0 Å². The predicted octanol–water partition coefficient (Wildman–Crippen LogP) is 1.36. The Bertz CT molecular complexity index is 440. The molecule has 5 nitrogen and oxygen atoms in total. The lowest BCUT2D eigenvalue weighted by molar-refractivity contribution is -0.143. The van der Waals surface area contributed by atoms with Crippen LogP contribution in [0.1, 0.15) is 24.4 Å². The van der Waals surface area contributed by atoms with Gasteiger partial charge in [0.2, 0.25) is 5.91 Å². The van der Waals surface area contributed by atoms with Gasteiger partial charge in [0.05, 0.1) is 0 Å². The smallest absolute Gasteiger partial charge is 0.330 e. The number of carboxylic acid groups (broad SMARTS) is 1.